The van der Waals surface area contributed by atoms with E-state index >= 15 is 0 Å². The smallest absolute Gasteiger partial charge is 0.213 e. The van der Waals surface area contributed by atoms with Gasteiger partial charge >= 0.3 is 0 Å². The first-order chi connectivity index (χ1) is 13.0. The fourth-order valence-electron chi connectivity index (χ4n) is 3.38. The normalized spacial score (nSPS) is 16.6. The van der Waals surface area contributed by atoms with Crippen LogP contribution in [0.25, 0.3) is 10.8 Å². The van der Waals surface area contributed by atoms with E-state index in [0.717, 1.165) is 18.8 Å². The van der Waals surface area contributed by atoms with E-state index in [1.54, 1.807) is 18.3 Å². The highest BCUT2D eigenvalue weighted by Gasteiger charge is 2.26. The van der Waals surface area contributed by atoms with Crippen molar-refractivity contribution in [3.05, 3.63) is 48.0 Å². The fraction of sp³-hybridized carbons (Fsp3) is 0.450. The van der Waals surface area contributed by atoms with E-state index in [0.29, 0.717) is 19.6 Å². The Morgan fingerprint density at radius 1 is 1.14 bits per heavy atom. The molecular formula is C20H29IN4O2S. The second-order valence-corrected chi connectivity index (χ2v) is 9.08. The van der Waals surface area contributed by atoms with Crippen LogP contribution >= 0.6 is 24.0 Å². The zero-order valence-corrected chi connectivity index (χ0v) is 19.5. The third-order valence-corrected chi connectivity index (χ3v) is 6.93. The summed E-state index contributed by atoms with van der Waals surface area (Å²) < 4.78 is 25.5. The molecule has 2 aromatic carbocycles. The Kier molecular flexibility index (Phi) is 8.51. The van der Waals surface area contributed by atoms with Gasteiger partial charge in [0, 0.05) is 32.7 Å². The van der Waals surface area contributed by atoms with Gasteiger partial charge in [-0.1, -0.05) is 36.4 Å². The summed E-state index contributed by atoms with van der Waals surface area (Å²) in [6.45, 7) is 3.51. The van der Waals surface area contributed by atoms with E-state index in [9.17, 15) is 8.42 Å². The summed E-state index contributed by atoms with van der Waals surface area (Å²) in [5.41, 5.74) is 1.19. The molecule has 0 unspecified atom stereocenters. The Morgan fingerprint density at radius 2 is 1.82 bits per heavy atom. The molecule has 0 aromatic heterocycles. The maximum absolute atomic E-state index is 12.0. The average Bonchev–Trinajstić information content (AvgIpc) is 2.71. The van der Waals surface area contributed by atoms with Gasteiger partial charge in [-0.2, -0.15) is 0 Å². The number of fused-ring (bicyclic) bond motifs is 1. The molecule has 1 aliphatic rings. The monoisotopic (exact) mass is 516 g/mol. The van der Waals surface area contributed by atoms with Crippen LogP contribution in [0.2, 0.25) is 0 Å². The Labute approximate surface area is 184 Å². The van der Waals surface area contributed by atoms with Crippen molar-refractivity contribution in [2.45, 2.75) is 32.4 Å². The average molecular weight is 516 g/mol. The number of halogens is 1. The number of nitrogens with one attached hydrogen (secondary N) is 2. The number of nitrogens with zero attached hydrogens (tertiary/aromatic N) is 2. The lowest BCUT2D eigenvalue weighted by Gasteiger charge is -2.32. The first-order valence-corrected chi connectivity index (χ1v) is 11.1. The standard InChI is InChI=1S/C20H28N4O2S.HI/c1-3-27(25,26)24-12-10-19(11-13-24)23-20(21-2)22-15-16-8-9-17-6-4-5-7-18(17)14-16;/h4-9,14,19H,3,10-13,15H2,1-2H3,(H2,21,22,23);1H. The van der Waals surface area contributed by atoms with Crippen molar-refractivity contribution in [2.75, 3.05) is 25.9 Å². The first-order valence-electron chi connectivity index (χ1n) is 9.44. The zero-order valence-electron chi connectivity index (χ0n) is 16.4. The van der Waals surface area contributed by atoms with Crippen LogP contribution in [-0.2, 0) is 16.6 Å². The number of guanidine groups is 1. The molecule has 1 fully saturated rings. The van der Waals surface area contributed by atoms with Gasteiger partial charge in [-0.3, -0.25) is 4.99 Å². The van der Waals surface area contributed by atoms with Crippen molar-refractivity contribution in [2.24, 2.45) is 4.99 Å². The highest BCUT2D eigenvalue weighted by molar-refractivity contribution is 14.0. The Balaban J connectivity index is 0.00000280. The lowest BCUT2D eigenvalue weighted by atomic mass is 10.1. The van der Waals surface area contributed by atoms with Crippen molar-refractivity contribution < 1.29 is 8.42 Å². The minimum absolute atomic E-state index is 0. The number of hydrogen-bond donors (Lipinski definition) is 2. The van der Waals surface area contributed by atoms with Gasteiger partial charge < -0.3 is 10.6 Å². The molecule has 3 rings (SSSR count). The maximum atomic E-state index is 12.0. The molecule has 0 atom stereocenters. The summed E-state index contributed by atoms with van der Waals surface area (Å²) in [6, 6.07) is 15.0. The molecule has 0 spiro atoms. The highest BCUT2D eigenvalue weighted by atomic mass is 127. The third kappa shape index (κ3) is 5.81. The summed E-state index contributed by atoms with van der Waals surface area (Å²) in [5.74, 6) is 0.917. The van der Waals surface area contributed by atoms with E-state index in [1.807, 2.05) is 12.1 Å². The van der Waals surface area contributed by atoms with Gasteiger partial charge in [0.05, 0.1) is 5.75 Å². The van der Waals surface area contributed by atoms with Gasteiger partial charge in [0.15, 0.2) is 5.96 Å². The molecule has 28 heavy (non-hydrogen) atoms. The summed E-state index contributed by atoms with van der Waals surface area (Å²) in [4.78, 5) is 4.31. The summed E-state index contributed by atoms with van der Waals surface area (Å²) in [6.07, 6.45) is 1.58. The maximum Gasteiger partial charge on any atom is 0.213 e. The number of sulfonamides is 1. The lowest BCUT2D eigenvalue weighted by molar-refractivity contribution is 0.306. The van der Waals surface area contributed by atoms with Crippen LogP contribution in [0.3, 0.4) is 0 Å². The van der Waals surface area contributed by atoms with Crippen LogP contribution in [0.4, 0.5) is 0 Å². The summed E-state index contributed by atoms with van der Waals surface area (Å²) in [7, 11) is -1.33. The van der Waals surface area contributed by atoms with Gasteiger partial charge in [-0.15, -0.1) is 24.0 Å². The van der Waals surface area contributed by atoms with E-state index in [2.05, 4.69) is 46.0 Å². The zero-order chi connectivity index (χ0) is 19.3. The number of hydrogen-bond acceptors (Lipinski definition) is 3. The van der Waals surface area contributed by atoms with Crippen LogP contribution < -0.4 is 10.6 Å². The fourth-order valence-corrected chi connectivity index (χ4v) is 4.52. The van der Waals surface area contributed by atoms with Gasteiger partial charge in [0.25, 0.3) is 0 Å². The molecule has 1 saturated heterocycles. The molecule has 1 aliphatic heterocycles. The quantitative estimate of drug-likeness (QED) is 0.364. The molecule has 0 amide bonds. The summed E-state index contributed by atoms with van der Waals surface area (Å²) >= 11 is 0. The number of rotatable bonds is 5. The molecule has 1 heterocycles. The summed E-state index contributed by atoms with van der Waals surface area (Å²) in [5, 5.41) is 9.24. The van der Waals surface area contributed by atoms with E-state index in [1.165, 1.54) is 16.3 Å². The van der Waals surface area contributed by atoms with Crippen molar-refractivity contribution in [1.82, 2.24) is 14.9 Å². The SMILES string of the molecule is CCS(=O)(=O)N1CCC(NC(=NC)NCc2ccc3ccccc3c2)CC1.I. The molecule has 6 nitrogen and oxygen atoms in total. The van der Waals surface area contributed by atoms with Gasteiger partial charge in [-0.25, -0.2) is 12.7 Å². The molecule has 2 N–H and O–H groups in total. The van der Waals surface area contributed by atoms with Crippen molar-refractivity contribution in [1.29, 1.82) is 0 Å². The van der Waals surface area contributed by atoms with Crippen LogP contribution in [0.5, 0.6) is 0 Å². The third-order valence-electron chi connectivity index (χ3n) is 5.05. The van der Waals surface area contributed by atoms with E-state index in [-0.39, 0.29) is 35.8 Å². The van der Waals surface area contributed by atoms with Crippen LogP contribution in [0.15, 0.2) is 47.5 Å². The molecule has 0 aliphatic carbocycles. The van der Waals surface area contributed by atoms with E-state index < -0.39 is 10.0 Å². The largest absolute Gasteiger partial charge is 0.354 e. The van der Waals surface area contributed by atoms with Crippen LogP contribution in [-0.4, -0.2) is 50.6 Å². The van der Waals surface area contributed by atoms with Gasteiger partial charge in [0.1, 0.15) is 0 Å². The Morgan fingerprint density at radius 3 is 2.46 bits per heavy atom. The van der Waals surface area contributed by atoms with E-state index in [4.69, 9.17) is 0 Å². The van der Waals surface area contributed by atoms with Gasteiger partial charge in [-0.05, 0) is 42.2 Å². The predicted octanol–water partition coefficient (Wildman–Crippen LogP) is 2.94. The molecule has 2 aromatic rings. The second-order valence-electron chi connectivity index (χ2n) is 6.83. The lowest BCUT2D eigenvalue weighted by Crippen LogP contribution is -2.49. The number of piperidine rings is 1. The molecule has 0 radical (unpaired) electrons. The number of benzene rings is 2. The minimum atomic E-state index is -3.08. The predicted molar refractivity (Wildman–Crippen MR) is 127 cm³/mol. The van der Waals surface area contributed by atoms with Crippen molar-refractivity contribution in [3.63, 3.8) is 0 Å². The topological polar surface area (TPSA) is 73.8 Å². The van der Waals surface area contributed by atoms with Crippen LogP contribution in [0, 0.1) is 0 Å². The Hall–Kier alpha value is -1.39. The number of aliphatic imine (C=N–C) groups is 1. The molecule has 8 heteroatoms. The highest BCUT2D eigenvalue weighted by Crippen LogP contribution is 2.16. The van der Waals surface area contributed by atoms with Crippen LogP contribution in [0.1, 0.15) is 25.3 Å². The second kappa shape index (κ2) is 10.4. The van der Waals surface area contributed by atoms with Crippen molar-refractivity contribution in [3.8, 4) is 0 Å². The molecule has 0 saturated carbocycles. The minimum Gasteiger partial charge on any atom is -0.354 e. The Bertz CT molecular complexity index is 909. The molecule has 154 valence electrons. The molecule has 0 bridgehead atoms. The van der Waals surface area contributed by atoms with Gasteiger partial charge in [0.2, 0.25) is 10.0 Å². The molecular weight excluding hydrogens is 487 g/mol. The van der Waals surface area contributed by atoms with Crippen molar-refractivity contribution >= 4 is 50.7 Å². The first kappa shape index (κ1) is 22.9.